The van der Waals surface area contributed by atoms with Crippen molar-refractivity contribution in [3.05, 3.63) is 35.9 Å². The van der Waals surface area contributed by atoms with Crippen molar-refractivity contribution < 1.29 is 4.74 Å². The molecule has 0 heterocycles. The van der Waals surface area contributed by atoms with E-state index < -0.39 is 5.54 Å². The largest absolute Gasteiger partial charge is 0.375 e. The Bertz CT molecular complexity index is 448. The van der Waals surface area contributed by atoms with Gasteiger partial charge in [-0.3, -0.25) is 5.32 Å². The van der Waals surface area contributed by atoms with Crippen molar-refractivity contribution in [1.82, 2.24) is 5.32 Å². The molecule has 1 unspecified atom stereocenters. The number of rotatable bonds is 7. The third kappa shape index (κ3) is 4.30. The fourth-order valence-corrected chi connectivity index (χ4v) is 2.91. The summed E-state index contributed by atoms with van der Waals surface area (Å²) in [6.07, 6.45) is 7.39. The second-order valence-corrected chi connectivity index (χ2v) is 5.88. The molecular formula is C18H26N2O. The van der Waals surface area contributed by atoms with Gasteiger partial charge in [0.1, 0.15) is 0 Å². The lowest BCUT2D eigenvalue weighted by atomic mass is 9.91. The zero-order valence-corrected chi connectivity index (χ0v) is 13.0. The molecular weight excluding hydrogens is 260 g/mol. The monoisotopic (exact) mass is 286 g/mol. The van der Waals surface area contributed by atoms with Crippen LogP contribution in [0.2, 0.25) is 0 Å². The first kappa shape index (κ1) is 16.0. The summed E-state index contributed by atoms with van der Waals surface area (Å²) >= 11 is 0. The quantitative estimate of drug-likeness (QED) is 0.830. The van der Waals surface area contributed by atoms with Crippen LogP contribution in [0.25, 0.3) is 0 Å². The molecule has 1 aliphatic rings. The molecule has 0 spiro atoms. The first-order valence-electron chi connectivity index (χ1n) is 8.14. The van der Waals surface area contributed by atoms with Crippen molar-refractivity contribution in [2.75, 3.05) is 13.2 Å². The highest BCUT2D eigenvalue weighted by Gasteiger charge is 2.33. The smallest absolute Gasteiger partial charge is 0.155 e. The highest BCUT2D eigenvalue weighted by molar-refractivity contribution is 5.31. The molecule has 3 nitrogen and oxygen atoms in total. The van der Waals surface area contributed by atoms with Crippen molar-refractivity contribution in [1.29, 1.82) is 5.26 Å². The van der Waals surface area contributed by atoms with Crippen LogP contribution in [0.1, 0.15) is 51.0 Å². The standard InChI is InChI=1S/C18H26N2O/c1-2-13-20-18(14-19,16-9-5-3-6-10-16)15-21-17-11-7-4-8-12-17/h3,5-6,9-10,17,20H,2,4,7-8,11-13,15H2,1H3. The lowest BCUT2D eigenvalue weighted by Crippen LogP contribution is -2.46. The topological polar surface area (TPSA) is 45.0 Å². The van der Waals surface area contributed by atoms with Crippen LogP contribution in [-0.2, 0) is 10.3 Å². The number of ether oxygens (including phenoxy) is 1. The van der Waals surface area contributed by atoms with E-state index in [9.17, 15) is 5.26 Å². The zero-order valence-electron chi connectivity index (χ0n) is 13.0. The molecule has 0 amide bonds. The van der Waals surface area contributed by atoms with Crippen LogP contribution in [-0.4, -0.2) is 19.3 Å². The molecule has 0 saturated heterocycles. The second-order valence-electron chi connectivity index (χ2n) is 5.88. The van der Waals surface area contributed by atoms with Gasteiger partial charge in [-0.05, 0) is 31.4 Å². The van der Waals surface area contributed by atoms with Crippen LogP contribution in [0, 0.1) is 11.3 Å². The van der Waals surface area contributed by atoms with Crippen LogP contribution in [0.5, 0.6) is 0 Å². The van der Waals surface area contributed by atoms with E-state index in [1.807, 2.05) is 30.3 Å². The van der Waals surface area contributed by atoms with Crippen LogP contribution in [0.3, 0.4) is 0 Å². The Morgan fingerprint density at radius 2 is 1.95 bits per heavy atom. The summed E-state index contributed by atoms with van der Waals surface area (Å²) in [6, 6.07) is 12.4. The number of hydrogen-bond donors (Lipinski definition) is 1. The van der Waals surface area contributed by atoms with Crippen molar-refractivity contribution >= 4 is 0 Å². The lowest BCUT2D eigenvalue weighted by molar-refractivity contribution is 0.00210. The minimum atomic E-state index is -0.727. The maximum atomic E-state index is 9.79. The van der Waals surface area contributed by atoms with Crippen molar-refractivity contribution in [2.45, 2.75) is 57.1 Å². The fraction of sp³-hybridized carbons (Fsp3) is 0.611. The van der Waals surface area contributed by atoms with Crippen molar-refractivity contribution in [2.24, 2.45) is 0 Å². The summed E-state index contributed by atoms with van der Waals surface area (Å²) in [5.74, 6) is 0. The Labute approximate surface area is 128 Å². The van der Waals surface area contributed by atoms with E-state index >= 15 is 0 Å². The Hall–Kier alpha value is -1.37. The second kappa shape index (κ2) is 8.17. The molecule has 2 rings (SSSR count). The van der Waals surface area contributed by atoms with Gasteiger partial charge >= 0.3 is 0 Å². The molecule has 1 aliphatic carbocycles. The summed E-state index contributed by atoms with van der Waals surface area (Å²) in [7, 11) is 0. The number of nitriles is 1. The first-order chi connectivity index (χ1) is 10.3. The van der Waals surface area contributed by atoms with Gasteiger partial charge in [0.15, 0.2) is 5.54 Å². The van der Waals surface area contributed by atoms with Gasteiger partial charge in [0, 0.05) is 0 Å². The summed E-state index contributed by atoms with van der Waals surface area (Å²) in [5.41, 5.74) is 0.270. The van der Waals surface area contributed by atoms with Crippen molar-refractivity contribution in [3.63, 3.8) is 0 Å². The normalized spacial score (nSPS) is 18.9. The highest BCUT2D eigenvalue weighted by Crippen LogP contribution is 2.25. The van der Waals surface area contributed by atoms with Crippen LogP contribution >= 0.6 is 0 Å². The van der Waals surface area contributed by atoms with E-state index in [0.29, 0.717) is 12.7 Å². The third-order valence-corrected chi connectivity index (χ3v) is 4.22. The van der Waals surface area contributed by atoms with Gasteiger partial charge in [0.05, 0.1) is 18.8 Å². The number of benzene rings is 1. The van der Waals surface area contributed by atoms with Crippen LogP contribution in [0.15, 0.2) is 30.3 Å². The van der Waals surface area contributed by atoms with E-state index in [-0.39, 0.29) is 0 Å². The van der Waals surface area contributed by atoms with Crippen molar-refractivity contribution in [3.8, 4) is 6.07 Å². The highest BCUT2D eigenvalue weighted by atomic mass is 16.5. The molecule has 3 heteroatoms. The molecule has 1 N–H and O–H groups in total. The van der Waals surface area contributed by atoms with E-state index in [1.54, 1.807) is 0 Å². The maximum Gasteiger partial charge on any atom is 0.155 e. The molecule has 1 atom stereocenters. The number of hydrogen-bond acceptors (Lipinski definition) is 3. The van der Waals surface area contributed by atoms with Gasteiger partial charge in [-0.15, -0.1) is 0 Å². The minimum Gasteiger partial charge on any atom is -0.375 e. The average molecular weight is 286 g/mol. The van der Waals surface area contributed by atoms with Gasteiger partial charge in [0.25, 0.3) is 0 Å². The number of nitrogens with zero attached hydrogens (tertiary/aromatic N) is 1. The summed E-state index contributed by atoms with van der Waals surface area (Å²) < 4.78 is 6.11. The molecule has 114 valence electrons. The molecule has 0 aromatic heterocycles. The fourth-order valence-electron chi connectivity index (χ4n) is 2.91. The molecule has 1 aromatic carbocycles. The number of nitrogens with one attached hydrogen (secondary N) is 1. The first-order valence-corrected chi connectivity index (χ1v) is 8.14. The Balaban J connectivity index is 2.09. The van der Waals surface area contributed by atoms with E-state index in [2.05, 4.69) is 18.3 Å². The predicted molar refractivity (Wildman–Crippen MR) is 84.9 cm³/mol. The molecule has 21 heavy (non-hydrogen) atoms. The minimum absolute atomic E-state index is 0.318. The van der Waals surface area contributed by atoms with Crippen LogP contribution in [0.4, 0.5) is 0 Å². The summed E-state index contributed by atoms with van der Waals surface area (Å²) in [5, 5.41) is 13.2. The molecule has 0 radical (unpaired) electrons. The van der Waals surface area contributed by atoms with Gasteiger partial charge in [0.2, 0.25) is 0 Å². The third-order valence-electron chi connectivity index (χ3n) is 4.22. The maximum absolute atomic E-state index is 9.79. The Kier molecular flexibility index (Phi) is 6.22. The summed E-state index contributed by atoms with van der Waals surface area (Å²) in [4.78, 5) is 0. The average Bonchev–Trinajstić information content (AvgIpc) is 2.57. The molecule has 0 aliphatic heterocycles. The SMILES string of the molecule is CCCNC(C#N)(COC1CCCCC1)c1ccccc1. The predicted octanol–water partition coefficient (Wildman–Crippen LogP) is 3.75. The lowest BCUT2D eigenvalue weighted by Gasteiger charge is -2.31. The van der Waals surface area contributed by atoms with Gasteiger partial charge in [-0.2, -0.15) is 5.26 Å². The molecule has 1 aromatic rings. The van der Waals surface area contributed by atoms with E-state index in [1.165, 1.54) is 19.3 Å². The van der Waals surface area contributed by atoms with Gasteiger partial charge in [-0.25, -0.2) is 0 Å². The van der Waals surface area contributed by atoms with E-state index in [4.69, 9.17) is 4.74 Å². The zero-order chi connectivity index (χ0) is 15.0. The molecule has 1 fully saturated rings. The van der Waals surface area contributed by atoms with Gasteiger partial charge < -0.3 is 4.74 Å². The Morgan fingerprint density at radius 3 is 2.57 bits per heavy atom. The van der Waals surface area contributed by atoms with E-state index in [0.717, 1.165) is 31.4 Å². The molecule has 1 saturated carbocycles. The van der Waals surface area contributed by atoms with Crippen LogP contribution < -0.4 is 5.32 Å². The Morgan fingerprint density at radius 1 is 1.24 bits per heavy atom. The molecule has 0 bridgehead atoms. The summed E-state index contributed by atoms with van der Waals surface area (Å²) in [6.45, 7) is 3.36. The van der Waals surface area contributed by atoms with Gasteiger partial charge in [-0.1, -0.05) is 56.5 Å².